The van der Waals surface area contributed by atoms with Crippen molar-refractivity contribution in [1.82, 2.24) is 10.6 Å². The molecule has 0 heterocycles. The van der Waals surface area contributed by atoms with Crippen LogP contribution in [0.25, 0.3) is 0 Å². The predicted octanol–water partition coefficient (Wildman–Crippen LogP) is -2.24. The van der Waals surface area contributed by atoms with Crippen molar-refractivity contribution in [3.8, 4) is 0 Å². The summed E-state index contributed by atoms with van der Waals surface area (Å²) in [5.41, 5.74) is 10.6. The molecule has 25 heavy (non-hydrogen) atoms. The van der Waals surface area contributed by atoms with Crippen LogP contribution in [0.1, 0.15) is 33.1 Å². The van der Waals surface area contributed by atoms with Gasteiger partial charge in [0.25, 0.3) is 0 Å². The fourth-order valence-corrected chi connectivity index (χ4v) is 1.78. The Hall–Kier alpha value is -2.69. The maximum Gasteiger partial charge on any atom is 0.326 e. The van der Waals surface area contributed by atoms with Crippen molar-refractivity contribution in [1.29, 1.82) is 0 Å². The Balaban J connectivity index is 5.13. The largest absolute Gasteiger partial charge is 0.481 e. The summed E-state index contributed by atoms with van der Waals surface area (Å²) in [6.07, 6.45) is -1.37. The second-order valence-corrected chi connectivity index (χ2v) is 5.83. The van der Waals surface area contributed by atoms with Crippen LogP contribution in [0.15, 0.2) is 0 Å². The van der Waals surface area contributed by atoms with Crippen molar-refractivity contribution in [2.45, 2.75) is 51.2 Å². The van der Waals surface area contributed by atoms with E-state index in [1.165, 1.54) is 0 Å². The highest BCUT2D eigenvalue weighted by Gasteiger charge is 2.29. The first-order chi connectivity index (χ1) is 11.5. The van der Waals surface area contributed by atoms with Crippen LogP contribution in [-0.4, -0.2) is 58.0 Å². The predicted molar refractivity (Wildman–Crippen MR) is 85.0 cm³/mol. The van der Waals surface area contributed by atoms with Gasteiger partial charge in [0.2, 0.25) is 17.7 Å². The summed E-state index contributed by atoms with van der Waals surface area (Å²) in [6.45, 7) is 3.37. The molecule has 0 aromatic carbocycles. The van der Waals surface area contributed by atoms with Gasteiger partial charge in [-0.25, -0.2) is 4.79 Å². The summed E-state index contributed by atoms with van der Waals surface area (Å²) in [7, 11) is 0. The van der Waals surface area contributed by atoms with Gasteiger partial charge in [-0.2, -0.15) is 0 Å². The molecule has 0 aliphatic rings. The van der Waals surface area contributed by atoms with Crippen molar-refractivity contribution in [3.05, 3.63) is 0 Å². The SMILES string of the molecule is CC(C)C(N)C(=O)NC(CCC(=O)O)C(=O)NC(CC(N)=O)C(=O)O. The Labute approximate surface area is 144 Å². The van der Waals surface area contributed by atoms with E-state index in [4.69, 9.17) is 21.7 Å². The van der Waals surface area contributed by atoms with Gasteiger partial charge < -0.3 is 32.3 Å². The van der Waals surface area contributed by atoms with E-state index < -0.39 is 60.6 Å². The third-order valence-electron chi connectivity index (χ3n) is 3.32. The minimum absolute atomic E-state index is 0.232. The van der Waals surface area contributed by atoms with Crippen molar-refractivity contribution in [2.24, 2.45) is 17.4 Å². The van der Waals surface area contributed by atoms with Gasteiger partial charge in [-0.05, 0) is 12.3 Å². The molecule has 0 saturated carbocycles. The Morgan fingerprint density at radius 3 is 1.88 bits per heavy atom. The number of aliphatic carboxylic acids is 2. The normalized spacial score (nSPS) is 14.2. The number of rotatable bonds is 11. The average molecular weight is 360 g/mol. The zero-order valence-corrected chi connectivity index (χ0v) is 14.0. The highest BCUT2D eigenvalue weighted by atomic mass is 16.4. The molecule has 142 valence electrons. The highest BCUT2D eigenvalue weighted by Crippen LogP contribution is 2.04. The van der Waals surface area contributed by atoms with Crippen LogP contribution in [0.2, 0.25) is 0 Å². The number of hydrogen-bond acceptors (Lipinski definition) is 6. The molecule has 11 nitrogen and oxygen atoms in total. The lowest BCUT2D eigenvalue weighted by Crippen LogP contribution is -2.55. The first-order valence-electron chi connectivity index (χ1n) is 7.54. The summed E-state index contributed by atoms with van der Waals surface area (Å²) in [5.74, 6) is -5.49. The lowest BCUT2D eigenvalue weighted by atomic mass is 10.0. The quantitative estimate of drug-likeness (QED) is 0.237. The molecule has 0 aliphatic carbocycles. The fourth-order valence-electron chi connectivity index (χ4n) is 1.78. The number of primary amides is 1. The molecule has 0 aromatic heterocycles. The van der Waals surface area contributed by atoms with Gasteiger partial charge in [0, 0.05) is 6.42 Å². The molecule has 0 radical (unpaired) electrons. The van der Waals surface area contributed by atoms with Crippen LogP contribution in [0.3, 0.4) is 0 Å². The second kappa shape index (κ2) is 10.2. The van der Waals surface area contributed by atoms with Crippen LogP contribution < -0.4 is 22.1 Å². The molecule has 0 bridgehead atoms. The molecule has 0 aliphatic heterocycles. The number of carbonyl (C=O) groups is 5. The molecule has 3 amide bonds. The summed E-state index contributed by atoms with van der Waals surface area (Å²) in [5, 5.41) is 22.1. The van der Waals surface area contributed by atoms with Crippen LogP contribution in [-0.2, 0) is 24.0 Å². The smallest absolute Gasteiger partial charge is 0.326 e. The Morgan fingerprint density at radius 1 is 0.960 bits per heavy atom. The molecule has 0 spiro atoms. The van der Waals surface area contributed by atoms with Crippen LogP contribution in [0.4, 0.5) is 0 Å². The van der Waals surface area contributed by atoms with E-state index >= 15 is 0 Å². The third kappa shape index (κ3) is 8.65. The van der Waals surface area contributed by atoms with Gasteiger partial charge in [0.05, 0.1) is 12.5 Å². The average Bonchev–Trinajstić information content (AvgIpc) is 2.48. The molecule has 11 heteroatoms. The molecule has 0 rings (SSSR count). The van der Waals surface area contributed by atoms with Gasteiger partial charge in [-0.15, -0.1) is 0 Å². The summed E-state index contributed by atoms with van der Waals surface area (Å²) in [4.78, 5) is 56.8. The van der Waals surface area contributed by atoms with E-state index in [-0.39, 0.29) is 12.3 Å². The summed E-state index contributed by atoms with van der Waals surface area (Å²) in [6, 6.07) is -3.84. The molecule has 0 saturated heterocycles. The minimum Gasteiger partial charge on any atom is -0.481 e. The zero-order chi connectivity index (χ0) is 19.7. The molecular formula is C14H24N4O7. The Morgan fingerprint density at radius 2 is 1.48 bits per heavy atom. The molecular weight excluding hydrogens is 336 g/mol. The molecule has 0 fully saturated rings. The fraction of sp³-hybridized carbons (Fsp3) is 0.643. The maximum absolute atomic E-state index is 12.2. The third-order valence-corrected chi connectivity index (χ3v) is 3.32. The van der Waals surface area contributed by atoms with E-state index in [9.17, 15) is 24.0 Å². The van der Waals surface area contributed by atoms with E-state index in [0.717, 1.165) is 0 Å². The number of amides is 3. The Kier molecular flexibility index (Phi) is 9.13. The van der Waals surface area contributed by atoms with Gasteiger partial charge in [-0.3, -0.25) is 19.2 Å². The number of carbonyl (C=O) groups excluding carboxylic acids is 3. The van der Waals surface area contributed by atoms with Crippen molar-refractivity contribution < 1.29 is 34.2 Å². The van der Waals surface area contributed by atoms with Crippen LogP contribution in [0.5, 0.6) is 0 Å². The minimum atomic E-state index is -1.59. The first kappa shape index (κ1) is 22.3. The van der Waals surface area contributed by atoms with Crippen molar-refractivity contribution in [3.63, 3.8) is 0 Å². The highest BCUT2D eigenvalue weighted by molar-refractivity contribution is 5.93. The molecule has 3 unspecified atom stereocenters. The Bertz CT molecular complexity index is 535. The number of nitrogens with one attached hydrogen (secondary N) is 2. The topological polar surface area (TPSA) is 202 Å². The summed E-state index contributed by atoms with van der Waals surface area (Å²) >= 11 is 0. The summed E-state index contributed by atoms with van der Waals surface area (Å²) < 4.78 is 0. The maximum atomic E-state index is 12.2. The van der Waals surface area contributed by atoms with Gasteiger partial charge in [-0.1, -0.05) is 13.8 Å². The number of nitrogens with two attached hydrogens (primary N) is 2. The van der Waals surface area contributed by atoms with Gasteiger partial charge in [0.1, 0.15) is 12.1 Å². The lowest BCUT2D eigenvalue weighted by molar-refractivity contribution is -0.144. The monoisotopic (exact) mass is 360 g/mol. The standard InChI is InChI=1S/C14H24N4O7/c1-6(2)11(16)13(23)17-7(3-4-10(20)21)12(22)18-8(14(24)25)5-9(15)19/h6-8,11H,3-5,16H2,1-2H3,(H2,15,19)(H,17,23)(H,18,22)(H,20,21)(H,24,25). The van der Waals surface area contributed by atoms with Crippen molar-refractivity contribution in [2.75, 3.05) is 0 Å². The molecule has 0 aromatic rings. The van der Waals surface area contributed by atoms with E-state index in [1.807, 2.05) is 0 Å². The number of carboxylic acids is 2. The number of carboxylic acid groups (broad SMARTS) is 2. The van der Waals surface area contributed by atoms with E-state index in [2.05, 4.69) is 10.6 Å². The van der Waals surface area contributed by atoms with Crippen LogP contribution in [0, 0.1) is 5.92 Å². The van der Waals surface area contributed by atoms with E-state index in [0.29, 0.717) is 0 Å². The van der Waals surface area contributed by atoms with Crippen molar-refractivity contribution >= 4 is 29.7 Å². The molecule has 3 atom stereocenters. The lowest BCUT2D eigenvalue weighted by Gasteiger charge is -2.23. The van der Waals surface area contributed by atoms with Gasteiger partial charge in [0.15, 0.2) is 0 Å². The van der Waals surface area contributed by atoms with Gasteiger partial charge >= 0.3 is 11.9 Å². The second-order valence-electron chi connectivity index (χ2n) is 5.83. The van der Waals surface area contributed by atoms with E-state index in [1.54, 1.807) is 13.8 Å². The molecule has 8 N–H and O–H groups in total. The number of hydrogen-bond donors (Lipinski definition) is 6. The first-order valence-corrected chi connectivity index (χ1v) is 7.54. The zero-order valence-electron chi connectivity index (χ0n) is 14.0. The van der Waals surface area contributed by atoms with Crippen LogP contribution >= 0.6 is 0 Å².